The summed E-state index contributed by atoms with van der Waals surface area (Å²) in [6.45, 7) is 0.456. The number of ether oxygens (including phenoxy) is 1. The van der Waals surface area contributed by atoms with Crippen molar-refractivity contribution < 1.29 is 9.53 Å². The van der Waals surface area contributed by atoms with Crippen LogP contribution in [0.4, 0.5) is 0 Å². The zero-order valence-corrected chi connectivity index (χ0v) is 19.5. The lowest BCUT2D eigenvalue weighted by Crippen LogP contribution is -2.29. The fourth-order valence-electron chi connectivity index (χ4n) is 4.14. The van der Waals surface area contributed by atoms with E-state index in [0.717, 1.165) is 38.2 Å². The van der Waals surface area contributed by atoms with Crippen molar-refractivity contribution in [1.29, 1.82) is 0 Å². The Morgan fingerprint density at radius 2 is 1.84 bits per heavy atom. The van der Waals surface area contributed by atoms with Gasteiger partial charge in [0.15, 0.2) is 0 Å². The number of carbonyl (C=O) groups excluding carboxylic acids is 1. The highest BCUT2D eigenvalue weighted by Gasteiger charge is 2.42. The fourth-order valence-corrected chi connectivity index (χ4v) is 4.68. The van der Waals surface area contributed by atoms with Gasteiger partial charge in [0.1, 0.15) is 11.4 Å². The van der Waals surface area contributed by atoms with E-state index in [1.165, 1.54) is 0 Å². The summed E-state index contributed by atoms with van der Waals surface area (Å²) in [5, 5.41) is 8.19. The molecule has 1 N–H and O–H groups in total. The first-order chi connectivity index (χ1) is 15.5. The minimum absolute atomic E-state index is 0.0767. The molecule has 1 aliphatic heterocycles. The third-order valence-corrected chi connectivity index (χ3v) is 6.40. The first-order valence-corrected chi connectivity index (χ1v) is 11.3. The molecule has 1 aliphatic rings. The van der Waals surface area contributed by atoms with Crippen molar-refractivity contribution in [2.45, 2.75) is 12.6 Å². The Balaban J connectivity index is 1.62. The van der Waals surface area contributed by atoms with Gasteiger partial charge in [0, 0.05) is 27.2 Å². The quantitative estimate of drug-likeness (QED) is 0.347. The zero-order chi connectivity index (χ0) is 22.2. The SMILES string of the molecule is COc1ccc(-c2n[nH]c3c2C(c2cccc(Br)c2)N(Cc2ccc(Cl)cc2)C3=O)cc1. The summed E-state index contributed by atoms with van der Waals surface area (Å²) in [5.74, 6) is 0.692. The van der Waals surface area contributed by atoms with Gasteiger partial charge in [-0.05, 0) is 59.7 Å². The fraction of sp³-hybridized carbons (Fsp3) is 0.120. The van der Waals surface area contributed by atoms with E-state index in [2.05, 4.69) is 26.1 Å². The van der Waals surface area contributed by atoms with E-state index in [4.69, 9.17) is 16.3 Å². The molecule has 2 heterocycles. The largest absolute Gasteiger partial charge is 0.497 e. The highest BCUT2D eigenvalue weighted by atomic mass is 79.9. The second-order valence-electron chi connectivity index (χ2n) is 7.61. The molecule has 0 spiro atoms. The van der Waals surface area contributed by atoms with Gasteiger partial charge in [0.2, 0.25) is 0 Å². The van der Waals surface area contributed by atoms with Crippen LogP contribution in [0.5, 0.6) is 5.75 Å². The average Bonchev–Trinajstić information content (AvgIpc) is 3.35. The Bertz CT molecular complexity index is 1290. The third kappa shape index (κ3) is 3.70. The van der Waals surface area contributed by atoms with E-state index >= 15 is 0 Å². The lowest BCUT2D eigenvalue weighted by atomic mass is 9.96. The van der Waals surface area contributed by atoms with E-state index in [-0.39, 0.29) is 11.9 Å². The number of carbonyl (C=O) groups is 1. The summed E-state index contributed by atoms with van der Waals surface area (Å²) < 4.78 is 6.24. The molecule has 1 amide bonds. The number of aromatic nitrogens is 2. The average molecular weight is 509 g/mol. The Labute approximate surface area is 199 Å². The monoisotopic (exact) mass is 507 g/mol. The molecular weight excluding hydrogens is 490 g/mol. The molecule has 1 unspecified atom stereocenters. The van der Waals surface area contributed by atoms with Crippen LogP contribution in [-0.4, -0.2) is 28.1 Å². The van der Waals surface area contributed by atoms with Crippen molar-refractivity contribution in [3.05, 3.63) is 105 Å². The maximum atomic E-state index is 13.5. The van der Waals surface area contributed by atoms with Gasteiger partial charge in [-0.25, -0.2) is 0 Å². The van der Waals surface area contributed by atoms with Crippen LogP contribution in [0.25, 0.3) is 11.3 Å². The number of H-pyrrole nitrogens is 1. The van der Waals surface area contributed by atoms with E-state index in [1.54, 1.807) is 7.11 Å². The van der Waals surface area contributed by atoms with Gasteiger partial charge >= 0.3 is 0 Å². The van der Waals surface area contributed by atoms with Crippen LogP contribution in [-0.2, 0) is 6.54 Å². The van der Waals surface area contributed by atoms with Gasteiger partial charge < -0.3 is 9.64 Å². The summed E-state index contributed by atoms with van der Waals surface area (Å²) in [5.41, 5.74) is 5.11. The van der Waals surface area contributed by atoms with E-state index in [1.807, 2.05) is 77.7 Å². The summed E-state index contributed by atoms with van der Waals surface area (Å²) in [6.07, 6.45) is 0. The lowest BCUT2D eigenvalue weighted by Gasteiger charge is -2.26. The highest BCUT2D eigenvalue weighted by Crippen LogP contribution is 2.44. The number of nitrogens with one attached hydrogen (secondary N) is 1. The maximum absolute atomic E-state index is 13.5. The number of fused-ring (bicyclic) bond motifs is 1. The van der Waals surface area contributed by atoms with Gasteiger partial charge in [0.05, 0.1) is 18.8 Å². The summed E-state index contributed by atoms with van der Waals surface area (Å²) in [7, 11) is 1.64. The van der Waals surface area contributed by atoms with Crippen molar-refractivity contribution in [3.63, 3.8) is 0 Å². The first-order valence-electron chi connectivity index (χ1n) is 10.1. The standard InChI is InChI=1S/C25H19BrClN3O2/c1-32-20-11-7-16(8-12-20)22-21-23(29-28-22)25(31)30(14-15-5-9-19(27)10-6-15)24(21)17-3-2-4-18(26)13-17/h2-13,24H,14H2,1H3,(H,28,29). The zero-order valence-electron chi connectivity index (χ0n) is 17.2. The molecular formula is C25H19BrClN3O2. The molecule has 4 aromatic rings. The second kappa shape index (κ2) is 8.45. The molecule has 160 valence electrons. The van der Waals surface area contributed by atoms with Crippen LogP contribution in [0.3, 0.4) is 0 Å². The molecule has 3 aromatic carbocycles. The second-order valence-corrected chi connectivity index (χ2v) is 8.96. The molecule has 0 aliphatic carbocycles. The predicted octanol–water partition coefficient (Wildman–Crippen LogP) is 6.25. The number of hydrogen-bond donors (Lipinski definition) is 1. The van der Waals surface area contributed by atoms with Gasteiger partial charge in [-0.2, -0.15) is 5.10 Å². The highest BCUT2D eigenvalue weighted by molar-refractivity contribution is 9.10. The third-order valence-electron chi connectivity index (χ3n) is 5.66. The van der Waals surface area contributed by atoms with Crippen LogP contribution in [0.15, 0.2) is 77.3 Å². The molecule has 0 radical (unpaired) electrons. The molecule has 5 nitrogen and oxygen atoms in total. The Morgan fingerprint density at radius 3 is 2.53 bits per heavy atom. The molecule has 0 bridgehead atoms. The summed E-state index contributed by atoms with van der Waals surface area (Å²) in [6, 6.07) is 23.1. The minimum atomic E-state index is -0.276. The number of hydrogen-bond acceptors (Lipinski definition) is 3. The van der Waals surface area contributed by atoms with Gasteiger partial charge in [-0.3, -0.25) is 9.89 Å². The Morgan fingerprint density at radius 1 is 1.09 bits per heavy atom. The van der Waals surface area contributed by atoms with E-state index < -0.39 is 0 Å². The van der Waals surface area contributed by atoms with Gasteiger partial charge in [-0.1, -0.05) is 51.8 Å². The molecule has 0 saturated heterocycles. The summed E-state index contributed by atoms with van der Waals surface area (Å²) >= 11 is 9.63. The number of nitrogens with zero attached hydrogens (tertiary/aromatic N) is 2. The molecule has 7 heteroatoms. The number of benzene rings is 3. The number of amides is 1. The van der Waals surface area contributed by atoms with Crippen molar-refractivity contribution >= 4 is 33.4 Å². The molecule has 5 rings (SSSR count). The van der Waals surface area contributed by atoms with Gasteiger partial charge in [0.25, 0.3) is 5.91 Å². The predicted molar refractivity (Wildman–Crippen MR) is 128 cm³/mol. The van der Waals surface area contributed by atoms with Crippen molar-refractivity contribution in [2.75, 3.05) is 7.11 Å². The van der Waals surface area contributed by atoms with Crippen LogP contribution in [0.2, 0.25) is 5.02 Å². The van der Waals surface area contributed by atoms with Crippen LogP contribution >= 0.6 is 27.5 Å². The van der Waals surface area contributed by atoms with Crippen molar-refractivity contribution in [2.24, 2.45) is 0 Å². The number of aromatic amines is 1. The number of rotatable bonds is 5. The molecule has 0 saturated carbocycles. The smallest absolute Gasteiger partial charge is 0.273 e. The molecule has 32 heavy (non-hydrogen) atoms. The normalized spacial score (nSPS) is 15.2. The van der Waals surface area contributed by atoms with E-state index in [0.29, 0.717) is 17.3 Å². The van der Waals surface area contributed by atoms with Crippen LogP contribution < -0.4 is 4.74 Å². The van der Waals surface area contributed by atoms with Crippen LogP contribution in [0, 0.1) is 0 Å². The minimum Gasteiger partial charge on any atom is -0.497 e. The molecule has 1 atom stereocenters. The number of methoxy groups -OCH3 is 1. The number of halogens is 2. The first kappa shape index (κ1) is 20.8. The van der Waals surface area contributed by atoms with Gasteiger partial charge in [-0.15, -0.1) is 0 Å². The Hall–Kier alpha value is -3.09. The lowest BCUT2D eigenvalue weighted by molar-refractivity contribution is 0.0730. The topological polar surface area (TPSA) is 58.2 Å². The maximum Gasteiger partial charge on any atom is 0.273 e. The van der Waals surface area contributed by atoms with Crippen molar-refractivity contribution in [3.8, 4) is 17.0 Å². The van der Waals surface area contributed by atoms with Crippen LogP contribution in [0.1, 0.15) is 33.2 Å². The van der Waals surface area contributed by atoms with E-state index in [9.17, 15) is 4.79 Å². The Kier molecular flexibility index (Phi) is 5.49. The summed E-state index contributed by atoms with van der Waals surface area (Å²) in [4.78, 5) is 15.4. The molecule has 0 fully saturated rings. The van der Waals surface area contributed by atoms with Crippen molar-refractivity contribution in [1.82, 2.24) is 15.1 Å². The molecule has 1 aromatic heterocycles.